The van der Waals surface area contributed by atoms with E-state index in [0.717, 1.165) is 10.8 Å². The normalized spacial score (nSPS) is 10.7. The number of urea groups is 1. The Morgan fingerprint density at radius 3 is 2.83 bits per heavy atom. The molecule has 0 bridgehead atoms. The van der Waals surface area contributed by atoms with E-state index in [1.165, 1.54) is 13.3 Å². The summed E-state index contributed by atoms with van der Waals surface area (Å²) < 4.78 is 0. The van der Waals surface area contributed by atoms with Crippen LogP contribution in [0.3, 0.4) is 0 Å². The van der Waals surface area contributed by atoms with Crippen LogP contribution in [0.5, 0.6) is 5.75 Å². The molecule has 0 aliphatic carbocycles. The van der Waals surface area contributed by atoms with Gasteiger partial charge in [-0.2, -0.15) is 5.10 Å². The van der Waals surface area contributed by atoms with Crippen molar-refractivity contribution in [1.82, 2.24) is 10.7 Å². The molecular formula is C13H13N3O2. The first-order chi connectivity index (χ1) is 8.72. The summed E-state index contributed by atoms with van der Waals surface area (Å²) in [6.45, 7) is 0. The largest absolute Gasteiger partial charge is 0.507 e. The second-order valence-electron chi connectivity index (χ2n) is 3.67. The van der Waals surface area contributed by atoms with Crippen LogP contribution < -0.4 is 10.7 Å². The molecule has 0 unspecified atom stereocenters. The van der Waals surface area contributed by atoms with Crippen molar-refractivity contribution in [3.05, 3.63) is 42.0 Å². The molecule has 3 N–H and O–H groups in total. The number of amides is 2. The summed E-state index contributed by atoms with van der Waals surface area (Å²) in [5, 5.41) is 17.8. The lowest BCUT2D eigenvalue weighted by atomic mass is 10.0. The highest BCUT2D eigenvalue weighted by molar-refractivity contribution is 6.02. The fraction of sp³-hybridized carbons (Fsp3) is 0.0769. The number of fused-ring (bicyclic) bond motifs is 1. The van der Waals surface area contributed by atoms with E-state index < -0.39 is 6.03 Å². The zero-order valence-electron chi connectivity index (χ0n) is 9.84. The molecule has 0 aromatic heterocycles. The van der Waals surface area contributed by atoms with Crippen LogP contribution in [0.25, 0.3) is 10.8 Å². The minimum Gasteiger partial charge on any atom is -0.507 e. The van der Waals surface area contributed by atoms with Gasteiger partial charge in [0.2, 0.25) is 0 Å². The van der Waals surface area contributed by atoms with Crippen molar-refractivity contribution in [2.75, 3.05) is 7.05 Å². The van der Waals surface area contributed by atoms with Crippen LogP contribution in [0.1, 0.15) is 5.56 Å². The van der Waals surface area contributed by atoms with Gasteiger partial charge in [0.05, 0.1) is 6.21 Å². The number of aromatic hydroxyl groups is 1. The third-order valence-corrected chi connectivity index (χ3v) is 2.53. The molecule has 0 spiro atoms. The number of nitrogens with one attached hydrogen (secondary N) is 2. The molecule has 0 heterocycles. The zero-order valence-corrected chi connectivity index (χ0v) is 9.84. The van der Waals surface area contributed by atoms with Gasteiger partial charge in [-0.25, -0.2) is 10.2 Å². The predicted octanol–water partition coefficient (Wildman–Crippen LogP) is 1.81. The molecule has 2 aromatic carbocycles. The molecule has 2 aromatic rings. The van der Waals surface area contributed by atoms with Crippen LogP contribution in [-0.4, -0.2) is 24.4 Å². The Kier molecular flexibility index (Phi) is 3.43. The average molecular weight is 243 g/mol. The highest BCUT2D eigenvalue weighted by Gasteiger charge is 2.04. The zero-order chi connectivity index (χ0) is 13.0. The maximum atomic E-state index is 11.0. The van der Waals surface area contributed by atoms with Gasteiger partial charge in [0.25, 0.3) is 0 Å². The SMILES string of the molecule is CNC(=O)N/N=C/c1c(O)ccc2ccccc12. The molecule has 5 heteroatoms. The second-order valence-corrected chi connectivity index (χ2v) is 3.67. The number of hydrogen-bond donors (Lipinski definition) is 3. The van der Waals surface area contributed by atoms with E-state index >= 15 is 0 Å². The van der Waals surface area contributed by atoms with Gasteiger partial charge in [-0.1, -0.05) is 30.3 Å². The minimum absolute atomic E-state index is 0.121. The average Bonchev–Trinajstić information content (AvgIpc) is 2.41. The maximum Gasteiger partial charge on any atom is 0.334 e. The van der Waals surface area contributed by atoms with Crippen molar-refractivity contribution in [3.8, 4) is 5.75 Å². The van der Waals surface area contributed by atoms with Gasteiger partial charge < -0.3 is 10.4 Å². The Morgan fingerprint density at radius 1 is 1.28 bits per heavy atom. The fourth-order valence-electron chi connectivity index (χ4n) is 1.63. The Labute approximate surface area is 104 Å². The summed E-state index contributed by atoms with van der Waals surface area (Å²) in [6, 6.07) is 10.6. The number of carbonyl (C=O) groups excluding carboxylic acids is 1. The van der Waals surface area contributed by atoms with Gasteiger partial charge in [-0.15, -0.1) is 0 Å². The summed E-state index contributed by atoms with van der Waals surface area (Å²) in [7, 11) is 1.50. The molecule has 5 nitrogen and oxygen atoms in total. The monoisotopic (exact) mass is 243 g/mol. The lowest BCUT2D eigenvalue weighted by molar-refractivity contribution is 0.243. The first-order valence-electron chi connectivity index (χ1n) is 5.44. The molecular weight excluding hydrogens is 230 g/mol. The lowest BCUT2D eigenvalue weighted by Gasteiger charge is -2.04. The number of carbonyl (C=O) groups is 1. The minimum atomic E-state index is -0.411. The van der Waals surface area contributed by atoms with Crippen molar-refractivity contribution in [3.63, 3.8) is 0 Å². The third kappa shape index (κ3) is 2.40. The summed E-state index contributed by atoms with van der Waals surface area (Å²) in [6.07, 6.45) is 1.42. The molecule has 92 valence electrons. The van der Waals surface area contributed by atoms with E-state index in [4.69, 9.17) is 0 Å². The van der Waals surface area contributed by atoms with Gasteiger partial charge in [-0.3, -0.25) is 0 Å². The molecule has 18 heavy (non-hydrogen) atoms. The van der Waals surface area contributed by atoms with Crippen LogP contribution in [0.15, 0.2) is 41.5 Å². The number of benzene rings is 2. The maximum absolute atomic E-state index is 11.0. The molecule has 0 radical (unpaired) electrons. The number of hydrazone groups is 1. The van der Waals surface area contributed by atoms with Crippen LogP contribution in [0.4, 0.5) is 4.79 Å². The standard InChI is InChI=1S/C13H13N3O2/c1-14-13(18)16-15-8-11-10-5-3-2-4-9(10)6-7-12(11)17/h2-8,17H,1H3,(H2,14,16,18)/b15-8+. The number of phenolic OH excluding ortho intramolecular Hbond substituents is 1. The van der Waals surface area contributed by atoms with E-state index in [1.54, 1.807) is 6.07 Å². The quantitative estimate of drug-likeness (QED) is 0.556. The van der Waals surface area contributed by atoms with Crippen molar-refractivity contribution >= 4 is 23.0 Å². The van der Waals surface area contributed by atoms with E-state index in [0.29, 0.717) is 5.56 Å². The van der Waals surface area contributed by atoms with E-state index in [-0.39, 0.29) is 5.75 Å². The molecule has 0 aliphatic rings. The molecule has 2 amide bonds. The van der Waals surface area contributed by atoms with Crippen LogP contribution in [-0.2, 0) is 0 Å². The summed E-state index contributed by atoms with van der Waals surface area (Å²) in [5.74, 6) is 0.121. The van der Waals surface area contributed by atoms with Crippen molar-refractivity contribution in [1.29, 1.82) is 0 Å². The number of phenols is 1. The fourth-order valence-corrected chi connectivity index (χ4v) is 1.63. The Balaban J connectivity index is 2.37. The van der Waals surface area contributed by atoms with Gasteiger partial charge in [0.15, 0.2) is 0 Å². The summed E-state index contributed by atoms with van der Waals surface area (Å²) in [4.78, 5) is 11.0. The number of nitrogens with zero attached hydrogens (tertiary/aromatic N) is 1. The highest BCUT2D eigenvalue weighted by atomic mass is 16.3. The van der Waals surface area contributed by atoms with Gasteiger partial charge >= 0.3 is 6.03 Å². The van der Waals surface area contributed by atoms with E-state index in [2.05, 4.69) is 15.8 Å². The molecule has 0 atom stereocenters. The number of rotatable bonds is 2. The van der Waals surface area contributed by atoms with Crippen molar-refractivity contribution in [2.24, 2.45) is 5.10 Å². The summed E-state index contributed by atoms with van der Waals surface area (Å²) >= 11 is 0. The first-order valence-corrected chi connectivity index (χ1v) is 5.44. The van der Waals surface area contributed by atoms with Gasteiger partial charge in [0.1, 0.15) is 5.75 Å². The molecule has 0 fully saturated rings. The molecule has 0 saturated carbocycles. The Hall–Kier alpha value is -2.56. The Morgan fingerprint density at radius 2 is 2.06 bits per heavy atom. The second kappa shape index (κ2) is 5.18. The van der Waals surface area contributed by atoms with Crippen LogP contribution in [0.2, 0.25) is 0 Å². The Bertz CT molecular complexity index is 608. The van der Waals surface area contributed by atoms with Crippen LogP contribution >= 0.6 is 0 Å². The highest BCUT2D eigenvalue weighted by Crippen LogP contribution is 2.25. The first kappa shape index (κ1) is 11.9. The number of hydrogen-bond acceptors (Lipinski definition) is 3. The van der Waals surface area contributed by atoms with Crippen LogP contribution in [0, 0.1) is 0 Å². The molecule has 0 saturated heterocycles. The molecule has 0 aliphatic heterocycles. The topological polar surface area (TPSA) is 73.7 Å². The third-order valence-electron chi connectivity index (χ3n) is 2.53. The molecule has 2 rings (SSSR count). The van der Waals surface area contributed by atoms with Gasteiger partial charge in [-0.05, 0) is 16.8 Å². The predicted molar refractivity (Wildman–Crippen MR) is 70.8 cm³/mol. The van der Waals surface area contributed by atoms with E-state index in [1.807, 2.05) is 30.3 Å². The van der Waals surface area contributed by atoms with Gasteiger partial charge in [0, 0.05) is 12.6 Å². The smallest absolute Gasteiger partial charge is 0.334 e. The summed E-state index contributed by atoms with van der Waals surface area (Å²) in [5.41, 5.74) is 2.85. The van der Waals surface area contributed by atoms with Crippen molar-refractivity contribution in [2.45, 2.75) is 0 Å². The van der Waals surface area contributed by atoms with Crippen molar-refractivity contribution < 1.29 is 9.90 Å². The van der Waals surface area contributed by atoms with E-state index in [9.17, 15) is 9.90 Å². The lowest BCUT2D eigenvalue weighted by Crippen LogP contribution is -2.28.